The van der Waals surface area contributed by atoms with Crippen molar-refractivity contribution in [1.29, 1.82) is 0 Å². The SMILES string of the molecule is COc1cc(CN(C)C(=O)c2cc(F)ccc2I)ccc1SC. The van der Waals surface area contributed by atoms with Crippen LogP contribution in [0.15, 0.2) is 41.3 Å². The summed E-state index contributed by atoms with van der Waals surface area (Å²) in [5.74, 6) is 0.172. The number of ether oxygens (including phenoxy) is 1. The molecule has 0 saturated heterocycles. The lowest BCUT2D eigenvalue weighted by molar-refractivity contribution is 0.0783. The van der Waals surface area contributed by atoms with Crippen LogP contribution >= 0.6 is 34.4 Å². The van der Waals surface area contributed by atoms with Gasteiger partial charge in [0.1, 0.15) is 11.6 Å². The molecular formula is C17H17FINO2S. The van der Waals surface area contributed by atoms with Crippen LogP contribution in [-0.4, -0.2) is 31.2 Å². The van der Waals surface area contributed by atoms with Crippen molar-refractivity contribution in [2.24, 2.45) is 0 Å². The zero-order chi connectivity index (χ0) is 17.0. The molecule has 0 atom stereocenters. The fraction of sp³-hybridized carbons (Fsp3) is 0.235. The van der Waals surface area contributed by atoms with E-state index in [9.17, 15) is 9.18 Å². The molecule has 23 heavy (non-hydrogen) atoms. The summed E-state index contributed by atoms with van der Waals surface area (Å²) in [6, 6.07) is 10.1. The van der Waals surface area contributed by atoms with Crippen LogP contribution in [0.5, 0.6) is 5.75 Å². The average molecular weight is 445 g/mol. The fourth-order valence-electron chi connectivity index (χ4n) is 2.19. The van der Waals surface area contributed by atoms with Gasteiger partial charge in [0.25, 0.3) is 5.91 Å². The van der Waals surface area contributed by atoms with Crippen LogP contribution in [0.4, 0.5) is 4.39 Å². The molecule has 2 aromatic rings. The molecule has 3 nitrogen and oxygen atoms in total. The Morgan fingerprint density at radius 3 is 2.70 bits per heavy atom. The summed E-state index contributed by atoms with van der Waals surface area (Å²) in [4.78, 5) is 15.1. The van der Waals surface area contributed by atoms with Crippen molar-refractivity contribution in [1.82, 2.24) is 4.90 Å². The summed E-state index contributed by atoms with van der Waals surface area (Å²) < 4.78 is 19.5. The van der Waals surface area contributed by atoms with Crippen molar-refractivity contribution in [3.05, 3.63) is 56.9 Å². The molecular weight excluding hydrogens is 428 g/mol. The quantitative estimate of drug-likeness (QED) is 0.504. The molecule has 0 saturated carbocycles. The first-order valence-corrected chi connectivity index (χ1v) is 9.18. The second kappa shape index (κ2) is 8.01. The molecule has 0 aliphatic heterocycles. The van der Waals surface area contributed by atoms with Crippen molar-refractivity contribution in [2.75, 3.05) is 20.4 Å². The normalized spacial score (nSPS) is 10.5. The number of hydrogen-bond donors (Lipinski definition) is 0. The third-order valence-corrected chi connectivity index (χ3v) is 5.09. The van der Waals surface area contributed by atoms with Gasteiger partial charge in [-0.2, -0.15) is 0 Å². The zero-order valence-electron chi connectivity index (χ0n) is 13.1. The highest BCUT2D eigenvalue weighted by atomic mass is 127. The van der Waals surface area contributed by atoms with Crippen LogP contribution in [0.3, 0.4) is 0 Å². The maximum atomic E-state index is 13.4. The van der Waals surface area contributed by atoms with E-state index in [1.165, 1.54) is 12.1 Å². The van der Waals surface area contributed by atoms with Crippen LogP contribution in [0, 0.1) is 9.39 Å². The molecule has 6 heteroatoms. The molecule has 0 heterocycles. The molecule has 0 fully saturated rings. The molecule has 0 aliphatic carbocycles. The van der Waals surface area contributed by atoms with E-state index in [0.29, 0.717) is 12.1 Å². The summed E-state index contributed by atoms with van der Waals surface area (Å²) >= 11 is 3.65. The molecule has 2 aromatic carbocycles. The number of methoxy groups -OCH3 is 1. The lowest BCUT2D eigenvalue weighted by Crippen LogP contribution is -2.27. The minimum absolute atomic E-state index is 0.207. The average Bonchev–Trinajstić information content (AvgIpc) is 2.56. The van der Waals surface area contributed by atoms with Gasteiger partial charge in [-0.15, -0.1) is 11.8 Å². The van der Waals surface area contributed by atoms with E-state index in [-0.39, 0.29) is 5.91 Å². The van der Waals surface area contributed by atoms with E-state index in [1.54, 1.807) is 36.9 Å². The Bertz CT molecular complexity index is 724. The predicted molar refractivity (Wildman–Crippen MR) is 99.7 cm³/mol. The number of rotatable bonds is 5. The second-order valence-electron chi connectivity index (χ2n) is 4.97. The van der Waals surface area contributed by atoms with Gasteiger partial charge in [0.05, 0.1) is 12.7 Å². The van der Waals surface area contributed by atoms with Gasteiger partial charge in [0.15, 0.2) is 0 Å². The molecule has 0 aliphatic rings. The van der Waals surface area contributed by atoms with Crippen molar-refractivity contribution >= 4 is 40.3 Å². The highest BCUT2D eigenvalue weighted by Crippen LogP contribution is 2.29. The largest absolute Gasteiger partial charge is 0.496 e. The van der Waals surface area contributed by atoms with Crippen molar-refractivity contribution in [3.8, 4) is 5.75 Å². The third-order valence-electron chi connectivity index (χ3n) is 3.37. The molecule has 122 valence electrons. The highest BCUT2D eigenvalue weighted by molar-refractivity contribution is 14.1. The van der Waals surface area contributed by atoms with Gasteiger partial charge in [-0.25, -0.2) is 4.39 Å². The Labute approximate surface area is 153 Å². The van der Waals surface area contributed by atoms with Crippen LogP contribution in [0.25, 0.3) is 0 Å². The number of carbonyl (C=O) groups excluding carboxylic acids is 1. The minimum Gasteiger partial charge on any atom is -0.496 e. The van der Waals surface area contributed by atoms with E-state index in [2.05, 4.69) is 0 Å². The predicted octanol–water partition coefficient (Wildman–Crippen LogP) is 4.43. The number of benzene rings is 2. The Morgan fingerprint density at radius 2 is 2.04 bits per heavy atom. The molecule has 0 aromatic heterocycles. The first kappa shape index (κ1) is 18.1. The summed E-state index contributed by atoms with van der Waals surface area (Å²) in [5, 5.41) is 0. The van der Waals surface area contributed by atoms with Gasteiger partial charge in [-0.3, -0.25) is 4.79 Å². The lowest BCUT2D eigenvalue weighted by atomic mass is 10.1. The molecule has 0 unspecified atom stereocenters. The molecule has 1 amide bonds. The van der Waals surface area contributed by atoms with Gasteiger partial charge in [0.2, 0.25) is 0 Å². The Hall–Kier alpha value is -1.28. The summed E-state index contributed by atoms with van der Waals surface area (Å²) in [7, 11) is 3.33. The summed E-state index contributed by atoms with van der Waals surface area (Å²) in [5.41, 5.74) is 1.34. The van der Waals surface area contributed by atoms with Gasteiger partial charge < -0.3 is 9.64 Å². The molecule has 0 N–H and O–H groups in total. The van der Waals surface area contributed by atoms with E-state index < -0.39 is 5.82 Å². The lowest BCUT2D eigenvalue weighted by Gasteiger charge is -2.19. The van der Waals surface area contributed by atoms with Gasteiger partial charge >= 0.3 is 0 Å². The topological polar surface area (TPSA) is 29.5 Å². The molecule has 0 spiro atoms. The molecule has 0 bridgehead atoms. The van der Waals surface area contributed by atoms with E-state index >= 15 is 0 Å². The van der Waals surface area contributed by atoms with Gasteiger partial charge in [-0.05, 0) is 64.7 Å². The van der Waals surface area contributed by atoms with Crippen LogP contribution in [-0.2, 0) is 6.54 Å². The Morgan fingerprint density at radius 1 is 1.30 bits per heavy atom. The number of carbonyl (C=O) groups is 1. The first-order valence-electron chi connectivity index (χ1n) is 6.87. The number of thioether (sulfide) groups is 1. The van der Waals surface area contributed by atoms with Crippen LogP contribution in [0.1, 0.15) is 15.9 Å². The Balaban J connectivity index is 2.19. The zero-order valence-corrected chi connectivity index (χ0v) is 16.1. The summed E-state index contributed by atoms with van der Waals surface area (Å²) in [6.45, 7) is 0.427. The fourth-order valence-corrected chi connectivity index (χ4v) is 3.31. The van der Waals surface area contributed by atoms with Gasteiger partial charge in [0, 0.05) is 22.1 Å². The first-order chi connectivity index (χ1) is 11.0. The van der Waals surface area contributed by atoms with Crippen LogP contribution in [0.2, 0.25) is 0 Å². The van der Waals surface area contributed by atoms with E-state index in [4.69, 9.17) is 4.74 Å². The minimum atomic E-state index is -0.409. The van der Waals surface area contributed by atoms with Crippen molar-refractivity contribution in [2.45, 2.75) is 11.4 Å². The standard InChI is InChI=1S/C17H17FINO2S/c1-20(17(21)13-9-12(18)5-6-14(13)19)10-11-4-7-16(23-3)15(8-11)22-2/h4-9H,10H2,1-3H3. The van der Waals surface area contributed by atoms with E-state index in [1.807, 2.05) is 47.0 Å². The van der Waals surface area contributed by atoms with Gasteiger partial charge in [-0.1, -0.05) is 6.07 Å². The maximum absolute atomic E-state index is 13.4. The van der Waals surface area contributed by atoms with Crippen molar-refractivity contribution in [3.63, 3.8) is 0 Å². The summed E-state index contributed by atoms with van der Waals surface area (Å²) in [6.07, 6.45) is 1.99. The number of amides is 1. The Kier molecular flexibility index (Phi) is 6.29. The van der Waals surface area contributed by atoms with Crippen LogP contribution < -0.4 is 4.74 Å². The smallest absolute Gasteiger partial charge is 0.255 e. The monoisotopic (exact) mass is 445 g/mol. The van der Waals surface area contributed by atoms with E-state index in [0.717, 1.165) is 19.8 Å². The molecule has 2 rings (SSSR count). The highest BCUT2D eigenvalue weighted by Gasteiger charge is 2.16. The third kappa shape index (κ3) is 4.38. The maximum Gasteiger partial charge on any atom is 0.255 e. The second-order valence-corrected chi connectivity index (χ2v) is 6.98. The van der Waals surface area contributed by atoms with Crippen molar-refractivity contribution < 1.29 is 13.9 Å². The number of nitrogens with zero attached hydrogens (tertiary/aromatic N) is 1. The number of hydrogen-bond acceptors (Lipinski definition) is 3. The number of halogens is 2. The molecule has 0 radical (unpaired) electrons.